The first-order chi connectivity index (χ1) is 28.8. The third-order valence-corrected chi connectivity index (χ3v) is 12.5. The van der Waals surface area contributed by atoms with Crippen molar-refractivity contribution >= 4 is 35.0 Å². The van der Waals surface area contributed by atoms with Crippen molar-refractivity contribution in [1.29, 1.82) is 0 Å². The lowest BCUT2D eigenvalue weighted by Gasteiger charge is -2.28. The second-order valence-electron chi connectivity index (χ2n) is 15.6. The highest BCUT2D eigenvalue weighted by Gasteiger charge is 2.41. The van der Waals surface area contributed by atoms with Gasteiger partial charge >= 0.3 is 24.7 Å². The monoisotopic (exact) mass is 884 g/mol. The van der Waals surface area contributed by atoms with Crippen LogP contribution < -0.4 is 15.9 Å². The van der Waals surface area contributed by atoms with Crippen molar-refractivity contribution in [1.82, 2.24) is 0 Å². The van der Waals surface area contributed by atoms with E-state index in [0.717, 1.165) is 22.3 Å². The van der Waals surface area contributed by atoms with Crippen molar-refractivity contribution < 1.29 is 52.7 Å². The number of hydrogen-bond donors (Lipinski definition) is 0. The van der Waals surface area contributed by atoms with Crippen LogP contribution in [0.2, 0.25) is 0 Å². The van der Waals surface area contributed by atoms with Gasteiger partial charge in [-0.05, 0) is 106 Å². The summed E-state index contributed by atoms with van der Waals surface area (Å²) >= 11 is 0. The molecule has 0 fully saturated rings. The van der Waals surface area contributed by atoms with Crippen LogP contribution in [0.4, 0.5) is 52.7 Å². The van der Waals surface area contributed by atoms with Gasteiger partial charge in [0.1, 0.15) is 0 Å². The minimum Gasteiger partial charge on any atom is -0.166 e. The highest BCUT2D eigenvalue weighted by atomic mass is 31.1. The SMILES string of the molecule is CC(=C=C(c1ccccc1C(c1ccccc1)c1ccccc1)C(C)(C)C)c1ccccc1P(c1cc(C(F)(F)F)cc(C(F)(F)F)c1)c1cc(C(F)(F)F)cc(C(F)(F)F)c1. The minimum atomic E-state index is -5.37. The maximum atomic E-state index is 14.3. The topological polar surface area (TPSA) is 0 Å². The molecule has 322 valence electrons. The second kappa shape index (κ2) is 17.3. The number of rotatable bonds is 8. The summed E-state index contributed by atoms with van der Waals surface area (Å²) in [6.07, 6.45) is -21.5. The van der Waals surface area contributed by atoms with E-state index in [-0.39, 0.29) is 34.5 Å². The lowest BCUT2D eigenvalue weighted by Crippen LogP contribution is -2.27. The third kappa shape index (κ3) is 10.4. The zero-order chi connectivity index (χ0) is 45.4. The molecule has 62 heavy (non-hydrogen) atoms. The average molecular weight is 885 g/mol. The Labute approximate surface area is 352 Å². The molecular formula is C49H37F12P. The van der Waals surface area contributed by atoms with Crippen molar-refractivity contribution in [3.8, 4) is 0 Å². The first-order valence-corrected chi connectivity index (χ1v) is 20.3. The van der Waals surface area contributed by atoms with Crippen LogP contribution in [0.5, 0.6) is 0 Å². The van der Waals surface area contributed by atoms with Crippen LogP contribution in [-0.4, -0.2) is 0 Å². The zero-order valence-electron chi connectivity index (χ0n) is 33.4. The van der Waals surface area contributed by atoms with Gasteiger partial charge in [-0.1, -0.05) is 130 Å². The molecular weight excluding hydrogens is 847 g/mol. The first-order valence-electron chi connectivity index (χ1n) is 19.0. The average Bonchev–Trinajstić information content (AvgIpc) is 3.19. The Balaban J connectivity index is 1.70. The fraction of sp³-hybridized carbons (Fsp3) is 0.204. The molecule has 0 aliphatic heterocycles. The second-order valence-corrected chi connectivity index (χ2v) is 17.8. The van der Waals surface area contributed by atoms with Crippen LogP contribution in [0, 0.1) is 5.41 Å². The summed E-state index contributed by atoms with van der Waals surface area (Å²) < 4.78 is 172. The van der Waals surface area contributed by atoms with E-state index < -0.39 is 70.9 Å². The molecule has 13 heteroatoms. The summed E-state index contributed by atoms with van der Waals surface area (Å²) in [6, 6.07) is 33.7. The lowest BCUT2D eigenvalue weighted by molar-refractivity contribution is -0.144. The fourth-order valence-corrected chi connectivity index (χ4v) is 9.93. The molecule has 0 atom stereocenters. The highest BCUT2D eigenvalue weighted by Crippen LogP contribution is 2.46. The molecule has 0 aliphatic carbocycles. The van der Waals surface area contributed by atoms with Crippen LogP contribution in [0.3, 0.4) is 0 Å². The van der Waals surface area contributed by atoms with Crippen LogP contribution in [-0.2, 0) is 24.7 Å². The molecule has 0 amide bonds. The number of alkyl halides is 12. The predicted molar refractivity (Wildman–Crippen MR) is 221 cm³/mol. The first kappa shape index (κ1) is 45.9. The number of benzene rings is 6. The van der Waals surface area contributed by atoms with E-state index in [1.807, 2.05) is 106 Å². The van der Waals surface area contributed by atoms with E-state index in [2.05, 4.69) is 5.73 Å². The van der Waals surface area contributed by atoms with Gasteiger partial charge in [0.2, 0.25) is 0 Å². The Hall–Kier alpha value is -5.57. The van der Waals surface area contributed by atoms with Crippen molar-refractivity contribution in [2.24, 2.45) is 5.41 Å². The fourth-order valence-electron chi connectivity index (χ4n) is 7.28. The largest absolute Gasteiger partial charge is 0.416 e. The Kier molecular flexibility index (Phi) is 12.8. The molecule has 6 rings (SSSR count). The molecule has 0 spiro atoms. The summed E-state index contributed by atoms with van der Waals surface area (Å²) in [4.78, 5) is 0. The Morgan fingerprint density at radius 3 is 1.19 bits per heavy atom. The third-order valence-electron chi connectivity index (χ3n) is 10.1. The van der Waals surface area contributed by atoms with E-state index in [1.54, 1.807) is 6.92 Å². The van der Waals surface area contributed by atoms with Crippen LogP contribution in [0.25, 0.3) is 11.1 Å². The minimum absolute atomic E-state index is 0.0969. The Morgan fingerprint density at radius 2 is 0.806 bits per heavy atom. The number of halogens is 12. The van der Waals surface area contributed by atoms with Crippen molar-refractivity contribution in [2.75, 3.05) is 0 Å². The maximum Gasteiger partial charge on any atom is 0.416 e. The summed E-state index contributed by atoms with van der Waals surface area (Å²) in [5.41, 5.74) is 0.237. The van der Waals surface area contributed by atoms with Gasteiger partial charge < -0.3 is 0 Å². The summed E-state index contributed by atoms with van der Waals surface area (Å²) in [6.45, 7) is 7.33. The van der Waals surface area contributed by atoms with Gasteiger partial charge in [-0.15, -0.1) is 5.73 Å². The Morgan fingerprint density at radius 1 is 0.452 bits per heavy atom. The summed E-state index contributed by atoms with van der Waals surface area (Å²) in [5.74, 6) is -0.291. The molecule has 0 radical (unpaired) electrons. The van der Waals surface area contributed by atoms with E-state index in [4.69, 9.17) is 0 Å². The lowest BCUT2D eigenvalue weighted by atomic mass is 9.75. The number of allylic oxidation sites excluding steroid dienone is 1. The van der Waals surface area contributed by atoms with E-state index >= 15 is 0 Å². The smallest absolute Gasteiger partial charge is 0.166 e. The van der Waals surface area contributed by atoms with E-state index in [9.17, 15) is 52.7 Å². The molecule has 0 heterocycles. The molecule has 0 nitrogen and oxygen atoms in total. The summed E-state index contributed by atoms with van der Waals surface area (Å²) in [5, 5.41) is -1.64. The van der Waals surface area contributed by atoms with Gasteiger partial charge in [-0.2, -0.15) is 52.7 Å². The van der Waals surface area contributed by atoms with Crippen molar-refractivity contribution in [3.63, 3.8) is 0 Å². The maximum absolute atomic E-state index is 14.3. The van der Waals surface area contributed by atoms with Gasteiger partial charge in [-0.3, -0.25) is 0 Å². The highest BCUT2D eigenvalue weighted by molar-refractivity contribution is 7.80. The van der Waals surface area contributed by atoms with E-state index in [0.29, 0.717) is 29.8 Å². The summed E-state index contributed by atoms with van der Waals surface area (Å²) in [7, 11) is -3.01. The van der Waals surface area contributed by atoms with Crippen molar-refractivity contribution in [3.05, 3.63) is 201 Å². The van der Waals surface area contributed by atoms with Crippen LogP contribution >= 0.6 is 7.92 Å². The molecule has 0 aliphatic rings. The van der Waals surface area contributed by atoms with Gasteiger partial charge in [0.05, 0.1) is 22.3 Å². The molecule has 0 saturated carbocycles. The molecule has 0 N–H and O–H groups in total. The molecule has 0 aromatic heterocycles. The normalized spacial score (nSPS) is 12.7. The molecule has 0 bridgehead atoms. The predicted octanol–water partition coefficient (Wildman–Crippen LogP) is 14.8. The van der Waals surface area contributed by atoms with Gasteiger partial charge in [-0.25, -0.2) is 0 Å². The Bertz CT molecular complexity index is 2420. The van der Waals surface area contributed by atoms with Gasteiger partial charge in [0.15, 0.2) is 0 Å². The van der Waals surface area contributed by atoms with Crippen LogP contribution in [0.1, 0.15) is 83.7 Å². The number of hydrogen-bond acceptors (Lipinski definition) is 0. The van der Waals surface area contributed by atoms with Gasteiger partial charge in [0.25, 0.3) is 0 Å². The quantitative estimate of drug-likeness (QED) is 0.0618. The van der Waals surface area contributed by atoms with Gasteiger partial charge in [0, 0.05) is 11.5 Å². The molecule has 0 saturated heterocycles. The van der Waals surface area contributed by atoms with Crippen molar-refractivity contribution in [2.45, 2.75) is 58.3 Å². The molecule has 0 unspecified atom stereocenters. The van der Waals surface area contributed by atoms with E-state index in [1.165, 1.54) is 24.3 Å². The molecule has 6 aromatic carbocycles. The standard InChI is InChI=1S/C49H37F12P/c1-30(23-42(45(2,3)4)40-20-11-12-21-41(40)44(31-15-7-5-8-16-31)32-17-9-6-10-18-32)39-19-13-14-22-43(39)62(37-26-33(46(50,51)52)24-34(27-37)47(53,54)55)38-28-35(48(56,57)58)25-36(29-38)49(59,60)61/h5-22,24-29,44H,1-4H3. The molecule has 6 aromatic rings. The zero-order valence-corrected chi connectivity index (χ0v) is 34.3. The van der Waals surface area contributed by atoms with Crippen LogP contribution in [0.15, 0.2) is 151 Å².